The van der Waals surface area contributed by atoms with Gasteiger partial charge in [0.1, 0.15) is 0 Å². The van der Waals surface area contributed by atoms with Crippen molar-refractivity contribution in [2.24, 2.45) is 5.73 Å². The summed E-state index contributed by atoms with van der Waals surface area (Å²) < 4.78 is 32.7. The third-order valence-electron chi connectivity index (χ3n) is 2.74. The summed E-state index contributed by atoms with van der Waals surface area (Å²) >= 11 is 0. The van der Waals surface area contributed by atoms with Crippen LogP contribution in [0.25, 0.3) is 0 Å². The minimum absolute atomic E-state index is 0.231. The van der Waals surface area contributed by atoms with Gasteiger partial charge in [0.25, 0.3) is 0 Å². The number of nitrogens with one attached hydrogen (secondary N) is 1. The van der Waals surface area contributed by atoms with Crippen LogP contribution in [0.15, 0.2) is 23.1 Å². The fourth-order valence-corrected chi connectivity index (χ4v) is 3.28. The predicted molar refractivity (Wildman–Crippen MR) is 83.4 cm³/mol. The molecule has 1 rings (SSSR count). The highest BCUT2D eigenvalue weighted by Crippen LogP contribution is 2.17. The standard InChI is InChI=1S/C15H22N2O3S/c1-4-20-11-13(3)17-21(18,19)15-10-14(6-5-9-16)8-7-12(15)2/h7-8,10,13,17H,4,9,11,16H2,1-3H3. The maximum Gasteiger partial charge on any atom is 0.241 e. The summed E-state index contributed by atoms with van der Waals surface area (Å²) in [5.74, 6) is 5.55. The van der Waals surface area contributed by atoms with E-state index in [1.165, 1.54) is 0 Å². The predicted octanol–water partition coefficient (Wildman–Crippen LogP) is 1.01. The maximum atomic E-state index is 12.4. The highest BCUT2D eigenvalue weighted by atomic mass is 32.2. The first-order chi connectivity index (χ1) is 9.90. The molecule has 116 valence electrons. The number of rotatable bonds is 6. The number of aryl methyl sites for hydroxylation is 1. The first-order valence-electron chi connectivity index (χ1n) is 6.80. The molecule has 5 nitrogen and oxygen atoms in total. The van der Waals surface area contributed by atoms with E-state index in [0.717, 1.165) is 0 Å². The van der Waals surface area contributed by atoms with Gasteiger partial charge in [0.2, 0.25) is 10.0 Å². The Kier molecular flexibility index (Phi) is 6.85. The normalized spacial score (nSPS) is 12.6. The topological polar surface area (TPSA) is 81.4 Å². The molecule has 0 amide bonds. The Balaban J connectivity index is 3.01. The molecule has 0 aliphatic heterocycles. The van der Waals surface area contributed by atoms with Gasteiger partial charge in [0.15, 0.2) is 0 Å². The average Bonchev–Trinajstić information content (AvgIpc) is 2.43. The van der Waals surface area contributed by atoms with Gasteiger partial charge < -0.3 is 10.5 Å². The lowest BCUT2D eigenvalue weighted by atomic mass is 10.1. The molecule has 0 bridgehead atoms. The Morgan fingerprint density at radius 3 is 2.76 bits per heavy atom. The monoisotopic (exact) mass is 310 g/mol. The van der Waals surface area contributed by atoms with Gasteiger partial charge in [-0.25, -0.2) is 13.1 Å². The van der Waals surface area contributed by atoms with E-state index in [4.69, 9.17) is 10.5 Å². The molecular formula is C15H22N2O3S. The van der Waals surface area contributed by atoms with E-state index >= 15 is 0 Å². The molecule has 0 aromatic heterocycles. The van der Waals surface area contributed by atoms with Crippen molar-refractivity contribution < 1.29 is 13.2 Å². The molecule has 0 saturated heterocycles. The average molecular weight is 310 g/mol. The zero-order chi connectivity index (χ0) is 15.9. The van der Waals surface area contributed by atoms with Crippen LogP contribution in [0.2, 0.25) is 0 Å². The summed E-state index contributed by atoms with van der Waals surface area (Å²) in [6.45, 7) is 6.50. The van der Waals surface area contributed by atoms with Crippen molar-refractivity contribution in [2.75, 3.05) is 19.8 Å². The van der Waals surface area contributed by atoms with E-state index in [1.54, 1.807) is 32.0 Å². The quantitative estimate of drug-likeness (QED) is 0.768. The van der Waals surface area contributed by atoms with Crippen molar-refractivity contribution in [3.63, 3.8) is 0 Å². The van der Waals surface area contributed by atoms with Crippen molar-refractivity contribution in [2.45, 2.75) is 31.7 Å². The summed E-state index contributed by atoms with van der Waals surface area (Å²) in [6, 6.07) is 4.78. The smallest absolute Gasteiger partial charge is 0.241 e. The molecule has 3 N–H and O–H groups in total. The van der Waals surface area contributed by atoms with Gasteiger partial charge in [0.05, 0.1) is 18.0 Å². The summed E-state index contributed by atoms with van der Waals surface area (Å²) in [5.41, 5.74) is 6.62. The second-order valence-electron chi connectivity index (χ2n) is 4.67. The third kappa shape index (κ3) is 5.48. The Labute approximate surface area is 126 Å². The molecular weight excluding hydrogens is 288 g/mol. The molecule has 1 aromatic rings. The van der Waals surface area contributed by atoms with Gasteiger partial charge in [-0.3, -0.25) is 0 Å². The van der Waals surface area contributed by atoms with Crippen LogP contribution in [0.1, 0.15) is 25.0 Å². The zero-order valence-corrected chi connectivity index (χ0v) is 13.5. The van der Waals surface area contributed by atoms with Crippen molar-refractivity contribution in [3.8, 4) is 11.8 Å². The lowest BCUT2D eigenvalue weighted by Gasteiger charge is -2.15. The van der Waals surface area contributed by atoms with Gasteiger partial charge in [-0.2, -0.15) is 0 Å². The minimum atomic E-state index is -3.60. The SMILES string of the molecule is CCOCC(C)NS(=O)(=O)c1cc(C#CCN)ccc1C. The molecule has 0 aliphatic carbocycles. The Hall–Kier alpha value is -1.39. The van der Waals surface area contributed by atoms with E-state index in [9.17, 15) is 8.42 Å². The van der Waals surface area contributed by atoms with Gasteiger partial charge in [-0.05, 0) is 38.5 Å². The molecule has 21 heavy (non-hydrogen) atoms. The Morgan fingerprint density at radius 2 is 2.14 bits per heavy atom. The Bertz CT molecular complexity index is 630. The molecule has 0 spiro atoms. The van der Waals surface area contributed by atoms with E-state index in [0.29, 0.717) is 24.3 Å². The Morgan fingerprint density at radius 1 is 1.43 bits per heavy atom. The fraction of sp³-hybridized carbons (Fsp3) is 0.467. The number of hydrogen-bond donors (Lipinski definition) is 2. The van der Waals surface area contributed by atoms with Gasteiger partial charge >= 0.3 is 0 Å². The molecule has 0 radical (unpaired) electrons. The molecule has 0 heterocycles. The summed E-state index contributed by atoms with van der Waals surface area (Å²) in [4.78, 5) is 0.231. The molecule has 0 saturated carbocycles. The molecule has 0 fully saturated rings. The molecule has 1 atom stereocenters. The van der Waals surface area contributed by atoms with Crippen LogP contribution >= 0.6 is 0 Å². The van der Waals surface area contributed by atoms with Crippen LogP contribution in [-0.2, 0) is 14.8 Å². The molecule has 1 aromatic carbocycles. The van der Waals surface area contributed by atoms with Crippen LogP contribution in [0.4, 0.5) is 0 Å². The second kappa shape index (κ2) is 8.15. The van der Waals surface area contributed by atoms with Crippen molar-refractivity contribution in [1.29, 1.82) is 0 Å². The van der Waals surface area contributed by atoms with Crippen LogP contribution in [0, 0.1) is 18.8 Å². The van der Waals surface area contributed by atoms with Gasteiger partial charge in [-0.15, -0.1) is 0 Å². The molecule has 6 heteroatoms. The summed E-state index contributed by atoms with van der Waals surface area (Å²) in [6.07, 6.45) is 0. The fourth-order valence-electron chi connectivity index (χ4n) is 1.78. The van der Waals surface area contributed by atoms with E-state index in [2.05, 4.69) is 16.6 Å². The van der Waals surface area contributed by atoms with Crippen LogP contribution < -0.4 is 10.5 Å². The first-order valence-corrected chi connectivity index (χ1v) is 8.28. The number of nitrogens with two attached hydrogens (primary N) is 1. The number of sulfonamides is 1. The minimum Gasteiger partial charge on any atom is -0.380 e. The van der Waals surface area contributed by atoms with Gasteiger partial charge in [0, 0.05) is 18.2 Å². The first kappa shape index (κ1) is 17.7. The summed E-state index contributed by atoms with van der Waals surface area (Å²) in [5, 5.41) is 0. The number of ether oxygens (including phenoxy) is 1. The van der Waals surface area contributed by atoms with Crippen molar-refractivity contribution in [3.05, 3.63) is 29.3 Å². The second-order valence-corrected chi connectivity index (χ2v) is 6.35. The van der Waals surface area contributed by atoms with Crippen molar-refractivity contribution in [1.82, 2.24) is 4.72 Å². The van der Waals surface area contributed by atoms with Crippen LogP contribution in [0.3, 0.4) is 0 Å². The largest absolute Gasteiger partial charge is 0.380 e. The number of benzene rings is 1. The molecule has 1 unspecified atom stereocenters. The van der Waals surface area contributed by atoms with E-state index in [1.807, 2.05) is 6.92 Å². The summed E-state index contributed by atoms with van der Waals surface area (Å²) in [7, 11) is -3.60. The lowest BCUT2D eigenvalue weighted by Crippen LogP contribution is -2.36. The van der Waals surface area contributed by atoms with E-state index < -0.39 is 10.0 Å². The van der Waals surface area contributed by atoms with Gasteiger partial charge in [-0.1, -0.05) is 17.9 Å². The van der Waals surface area contributed by atoms with Crippen LogP contribution in [-0.4, -0.2) is 34.2 Å². The van der Waals surface area contributed by atoms with Crippen LogP contribution in [0.5, 0.6) is 0 Å². The number of hydrogen-bond acceptors (Lipinski definition) is 4. The highest BCUT2D eigenvalue weighted by molar-refractivity contribution is 7.89. The lowest BCUT2D eigenvalue weighted by molar-refractivity contribution is 0.133. The zero-order valence-electron chi connectivity index (χ0n) is 12.6. The molecule has 0 aliphatic rings. The maximum absolute atomic E-state index is 12.4. The van der Waals surface area contributed by atoms with Crippen molar-refractivity contribution >= 4 is 10.0 Å². The highest BCUT2D eigenvalue weighted by Gasteiger charge is 2.19. The van der Waals surface area contributed by atoms with E-state index in [-0.39, 0.29) is 17.5 Å². The third-order valence-corrected chi connectivity index (χ3v) is 4.47.